The van der Waals surface area contributed by atoms with Crippen LogP contribution in [0.25, 0.3) is 16.6 Å². The molecule has 2 aromatic heterocycles. The molecule has 1 fully saturated rings. The molecule has 0 unspecified atom stereocenters. The molecule has 0 bridgehead atoms. The summed E-state index contributed by atoms with van der Waals surface area (Å²) < 4.78 is 14.5. The topological polar surface area (TPSA) is 49.2 Å². The lowest BCUT2D eigenvalue weighted by Gasteiger charge is -2.37. The van der Waals surface area contributed by atoms with Crippen LogP contribution in [0.5, 0.6) is 0 Å². The molecule has 4 rings (SSSR count). The molecule has 33 heavy (non-hydrogen) atoms. The third-order valence-electron chi connectivity index (χ3n) is 8.20. The molecule has 0 amide bonds. The Morgan fingerprint density at radius 1 is 1.00 bits per heavy atom. The second kappa shape index (κ2) is 8.07. The van der Waals surface area contributed by atoms with Crippen molar-refractivity contribution in [1.29, 1.82) is 0 Å². The monoisotopic (exact) mass is 463 g/mol. The smallest absolute Gasteiger partial charge is 0.399 e. The van der Waals surface area contributed by atoms with Gasteiger partial charge in [0.1, 0.15) is 0 Å². The summed E-state index contributed by atoms with van der Waals surface area (Å²) in [5, 5.41) is 6.17. The van der Waals surface area contributed by atoms with Gasteiger partial charge in [-0.25, -0.2) is 4.68 Å². The number of hydrogen-bond acceptors (Lipinski definition) is 4. The van der Waals surface area contributed by atoms with Gasteiger partial charge in [0.2, 0.25) is 0 Å². The summed E-state index contributed by atoms with van der Waals surface area (Å²) in [5.41, 5.74) is 3.49. The van der Waals surface area contributed by atoms with E-state index in [1.165, 1.54) is 6.04 Å². The number of fused-ring (bicyclic) bond motifs is 1. The first kappa shape index (κ1) is 24.2. The van der Waals surface area contributed by atoms with Gasteiger partial charge in [0.05, 0.1) is 36.7 Å². The van der Waals surface area contributed by atoms with E-state index >= 15 is 0 Å². The largest absolute Gasteiger partial charge is 0.494 e. The Labute approximate surface area is 200 Å². The lowest BCUT2D eigenvalue weighted by Crippen LogP contribution is -2.41. The second-order valence-electron chi connectivity index (χ2n) is 12.1. The molecular weight excluding hydrogens is 425 g/mol. The van der Waals surface area contributed by atoms with Gasteiger partial charge < -0.3 is 9.31 Å². The number of rotatable bonds is 5. The maximum atomic E-state index is 6.27. The highest BCUT2D eigenvalue weighted by molar-refractivity contribution is 6.80. The van der Waals surface area contributed by atoms with Crippen LogP contribution >= 0.6 is 0 Å². The minimum absolute atomic E-state index is 0.364. The fraction of sp³-hybridized carbons (Fsp3) is 0.538. The number of aryl methyl sites for hydroxylation is 1. The molecule has 0 saturated carbocycles. The van der Waals surface area contributed by atoms with Crippen molar-refractivity contribution in [2.24, 2.45) is 0 Å². The Morgan fingerprint density at radius 3 is 2.30 bits per heavy atom. The minimum Gasteiger partial charge on any atom is -0.399 e. The van der Waals surface area contributed by atoms with Crippen LogP contribution in [0.2, 0.25) is 24.2 Å². The number of nitrogens with zero attached hydrogens (tertiary/aromatic N) is 3. The zero-order valence-electron chi connectivity index (χ0n) is 21.7. The van der Waals surface area contributed by atoms with E-state index in [-0.39, 0.29) is 18.3 Å². The predicted octanol–water partition coefficient (Wildman–Crippen LogP) is 5.77. The fourth-order valence-corrected chi connectivity index (χ4v) is 5.55. The van der Waals surface area contributed by atoms with Gasteiger partial charge in [-0.1, -0.05) is 52.0 Å². The van der Waals surface area contributed by atoms with Crippen molar-refractivity contribution in [3.63, 3.8) is 0 Å². The zero-order valence-corrected chi connectivity index (χ0v) is 22.7. The van der Waals surface area contributed by atoms with Gasteiger partial charge in [-0.05, 0) is 62.8 Å². The van der Waals surface area contributed by atoms with E-state index < -0.39 is 8.07 Å². The highest BCUT2D eigenvalue weighted by Gasteiger charge is 2.51. The van der Waals surface area contributed by atoms with Crippen molar-refractivity contribution in [3.8, 4) is 5.69 Å². The van der Waals surface area contributed by atoms with Gasteiger partial charge >= 0.3 is 7.12 Å². The molecule has 0 radical (unpaired) electrons. The fourth-order valence-electron chi connectivity index (χ4n) is 3.92. The maximum Gasteiger partial charge on any atom is 0.494 e. The molecule has 0 aliphatic carbocycles. The molecule has 1 aliphatic rings. The first-order valence-electron chi connectivity index (χ1n) is 12.0. The molecule has 0 spiro atoms. The third-order valence-corrected chi connectivity index (χ3v) is 13.8. The molecule has 1 aliphatic heterocycles. The van der Waals surface area contributed by atoms with E-state index in [1.807, 2.05) is 23.1 Å². The molecule has 1 aromatic carbocycles. The number of pyridine rings is 1. The molecule has 3 heterocycles. The van der Waals surface area contributed by atoms with Crippen molar-refractivity contribution in [3.05, 3.63) is 48.4 Å². The summed E-state index contributed by atoms with van der Waals surface area (Å²) in [6, 6.07) is 11.7. The van der Waals surface area contributed by atoms with E-state index in [4.69, 9.17) is 14.4 Å². The molecule has 176 valence electrons. The summed E-state index contributed by atoms with van der Waals surface area (Å²) in [7, 11) is -1.74. The molecule has 0 N–H and O–H groups in total. The Hall–Kier alpha value is -1.96. The average molecular weight is 464 g/mol. The molecule has 0 atom stereocenters. The molecule has 3 aromatic rings. The maximum absolute atomic E-state index is 6.27. The third kappa shape index (κ3) is 4.55. The van der Waals surface area contributed by atoms with Gasteiger partial charge in [-0.3, -0.25) is 4.98 Å². The molecular formula is C26H38BN3O2Si. The SMILES string of the molecule is CC1(C)OB(c2ccc3cnn(-c4ccnc(CC[Si](C)(C)C(C)(C)C)c4)c3c2)OC1(C)C. The summed E-state index contributed by atoms with van der Waals surface area (Å²) in [6.45, 7) is 20.4. The standard InChI is InChI=1S/C26H38BN3O2Si/c1-24(2,3)33(8,9)15-13-21-17-22(12-14-28-21)30-23-16-20(11-10-19(23)18-29-30)27-31-25(4,5)26(6,7)32-27/h10-12,14,16-18H,13,15H2,1-9H3. The zero-order chi connectivity index (χ0) is 24.2. The predicted molar refractivity (Wildman–Crippen MR) is 140 cm³/mol. The number of aromatic nitrogens is 3. The van der Waals surface area contributed by atoms with Gasteiger partial charge in [0.15, 0.2) is 0 Å². The van der Waals surface area contributed by atoms with Crippen molar-refractivity contribution in [2.75, 3.05) is 0 Å². The van der Waals surface area contributed by atoms with Crippen LogP contribution in [0, 0.1) is 0 Å². The van der Waals surface area contributed by atoms with Crippen molar-refractivity contribution >= 4 is 31.6 Å². The van der Waals surface area contributed by atoms with E-state index in [2.05, 4.69) is 90.8 Å². The summed E-state index contributed by atoms with van der Waals surface area (Å²) in [5.74, 6) is 0. The molecule has 5 nitrogen and oxygen atoms in total. The van der Waals surface area contributed by atoms with E-state index in [9.17, 15) is 0 Å². The molecule has 1 saturated heterocycles. The van der Waals surface area contributed by atoms with Gasteiger partial charge in [0.25, 0.3) is 0 Å². The van der Waals surface area contributed by atoms with Crippen LogP contribution in [0.1, 0.15) is 54.2 Å². The highest BCUT2D eigenvalue weighted by Crippen LogP contribution is 2.39. The summed E-state index contributed by atoms with van der Waals surface area (Å²) in [6.07, 6.45) is 4.82. The first-order valence-corrected chi connectivity index (χ1v) is 15.2. The van der Waals surface area contributed by atoms with Crippen LogP contribution in [-0.4, -0.2) is 41.2 Å². The van der Waals surface area contributed by atoms with Crippen molar-refractivity contribution < 1.29 is 9.31 Å². The van der Waals surface area contributed by atoms with Crippen LogP contribution in [0.3, 0.4) is 0 Å². The van der Waals surface area contributed by atoms with Crippen LogP contribution in [-0.2, 0) is 15.7 Å². The average Bonchev–Trinajstić information content (AvgIpc) is 3.23. The van der Waals surface area contributed by atoms with E-state index in [1.54, 1.807) is 0 Å². The van der Waals surface area contributed by atoms with Crippen molar-refractivity contribution in [2.45, 2.75) is 90.3 Å². The van der Waals surface area contributed by atoms with Gasteiger partial charge in [-0.15, -0.1) is 0 Å². The van der Waals surface area contributed by atoms with E-state index in [0.717, 1.165) is 34.2 Å². The highest BCUT2D eigenvalue weighted by atomic mass is 28.3. The second-order valence-corrected chi connectivity index (χ2v) is 17.9. The van der Waals surface area contributed by atoms with Gasteiger partial charge in [0, 0.05) is 17.3 Å². The Kier molecular flexibility index (Phi) is 5.91. The lowest BCUT2D eigenvalue weighted by atomic mass is 9.79. The Balaban J connectivity index is 1.62. The first-order chi connectivity index (χ1) is 15.2. The molecule has 7 heteroatoms. The Bertz CT molecular complexity index is 1150. The van der Waals surface area contributed by atoms with Gasteiger partial charge in [-0.2, -0.15) is 5.10 Å². The van der Waals surface area contributed by atoms with E-state index in [0.29, 0.717) is 5.04 Å². The van der Waals surface area contributed by atoms with Crippen LogP contribution in [0.15, 0.2) is 42.7 Å². The quantitative estimate of drug-likeness (QED) is 0.451. The number of hydrogen-bond donors (Lipinski definition) is 0. The number of benzene rings is 1. The summed E-state index contributed by atoms with van der Waals surface area (Å²) in [4.78, 5) is 4.67. The summed E-state index contributed by atoms with van der Waals surface area (Å²) >= 11 is 0. The Morgan fingerprint density at radius 2 is 1.67 bits per heavy atom. The normalized spacial score (nSPS) is 18.3. The van der Waals surface area contributed by atoms with Crippen LogP contribution in [0.4, 0.5) is 0 Å². The van der Waals surface area contributed by atoms with Crippen molar-refractivity contribution in [1.82, 2.24) is 14.8 Å². The lowest BCUT2D eigenvalue weighted by molar-refractivity contribution is 0.00578. The minimum atomic E-state index is -1.35. The van der Waals surface area contributed by atoms with Crippen LogP contribution < -0.4 is 5.46 Å².